The van der Waals surface area contributed by atoms with Gasteiger partial charge < -0.3 is 9.64 Å². The molecule has 1 fully saturated rings. The van der Waals surface area contributed by atoms with Gasteiger partial charge in [0, 0.05) is 19.5 Å². The molecule has 1 saturated heterocycles. The van der Waals surface area contributed by atoms with Crippen LogP contribution < -0.4 is 0 Å². The van der Waals surface area contributed by atoms with E-state index in [0.29, 0.717) is 19.6 Å². The zero-order chi connectivity index (χ0) is 9.68. The summed E-state index contributed by atoms with van der Waals surface area (Å²) in [6.45, 7) is 4.60. The second-order valence-corrected chi connectivity index (χ2v) is 2.88. The zero-order valence-corrected chi connectivity index (χ0v) is 7.73. The minimum absolute atomic E-state index is 0.266. The highest BCUT2D eigenvalue weighted by atomic mass is 16.6. The lowest BCUT2D eigenvalue weighted by Crippen LogP contribution is -2.32. The summed E-state index contributed by atoms with van der Waals surface area (Å²) in [6.07, 6.45) is 2.09. The fourth-order valence-corrected chi connectivity index (χ4v) is 1.18. The summed E-state index contributed by atoms with van der Waals surface area (Å²) in [5.41, 5.74) is 0.266. The summed E-state index contributed by atoms with van der Waals surface area (Å²) < 4.78 is 5.13. The van der Waals surface area contributed by atoms with E-state index in [1.165, 1.54) is 0 Å². The summed E-state index contributed by atoms with van der Waals surface area (Å²) in [7, 11) is 0. The van der Waals surface area contributed by atoms with Crippen molar-refractivity contribution < 1.29 is 9.66 Å². The number of hydrogen-bond donors (Lipinski definition) is 0. The molecule has 0 radical (unpaired) electrons. The van der Waals surface area contributed by atoms with Gasteiger partial charge in [0.1, 0.15) is 0 Å². The van der Waals surface area contributed by atoms with E-state index in [0.717, 1.165) is 13.1 Å². The van der Waals surface area contributed by atoms with Crippen LogP contribution in [0.15, 0.2) is 11.9 Å². The van der Waals surface area contributed by atoms with Crippen molar-refractivity contribution in [2.24, 2.45) is 0 Å². The lowest BCUT2D eigenvalue weighted by atomic mass is 10.3. The van der Waals surface area contributed by atoms with Crippen molar-refractivity contribution in [3.63, 3.8) is 0 Å². The molecule has 0 aromatic heterocycles. The third kappa shape index (κ3) is 3.02. The molecule has 13 heavy (non-hydrogen) atoms. The first-order valence-corrected chi connectivity index (χ1v) is 4.41. The monoisotopic (exact) mass is 186 g/mol. The van der Waals surface area contributed by atoms with E-state index in [1.54, 1.807) is 13.1 Å². The van der Waals surface area contributed by atoms with Gasteiger partial charge in [-0.1, -0.05) is 6.92 Å². The largest absolute Gasteiger partial charge is 0.378 e. The molecule has 0 unspecified atom stereocenters. The smallest absolute Gasteiger partial charge is 0.261 e. The minimum atomic E-state index is -0.324. The van der Waals surface area contributed by atoms with Gasteiger partial charge in [-0.3, -0.25) is 10.1 Å². The number of nitro groups is 1. The van der Waals surface area contributed by atoms with E-state index in [4.69, 9.17) is 4.74 Å². The van der Waals surface area contributed by atoms with Crippen LogP contribution in [0.4, 0.5) is 0 Å². The Labute approximate surface area is 77.1 Å². The topological polar surface area (TPSA) is 55.6 Å². The van der Waals surface area contributed by atoms with Crippen molar-refractivity contribution in [3.8, 4) is 0 Å². The zero-order valence-electron chi connectivity index (χ0n) is 7.73. The van der Waals surface area contributed by atoms with Crippen molar-refractivity contribution in [1.29, 1.82) is 0 Å². The van der Waals surface area contributed by atoms with Gasteiger partial charge in [0.05, 0.1) is 24.3 Å². The van der Waals surface area contributed by atoms with E-state index in [-0.39, 0.29) is 10.6 Å². The molecule has 0 bridgehead atoms. The van der Waals surface area contributed by atoms with Crippen LogP contribution in [-0.2, 0) is 4.74 Å². The van der Waals surface area contributed by atoms with Crippen LogP contribution in [0.3, 0.4) is 0 Å². The van der Waals surface area contributed by atoms with E-state index in [2.05, 4.69) is 0 Å². The van der Waals surface area contributed by atoms with Gasteiger partial charge in [0.15, 0.2) is 0 Å². The SMILES string of the molecule is CCC(=CN1CCOCC1)[N+](=O)[O-]. The van der Waals surface area contributed by atoms with Crippen molar-refractivity contribution in [2.45, 2.75) is 13.3 Å². The Balaban J connectivity index is 2.54. The second kappa shape index (κ2) is 4.81. The lowest BCUT2D eigenvalue weighted by Gasteiger charge is -2.24. The van der Waals surface area contributed by atoms with Crippen LogP contribution in [0, 0.1) is 10.1 Å². The third-order valence-electron chi connectivity index (χ3n) is 1.97. The molecule has 0 atom stereocenters. The number of ether oxygens (including phenoxy) is 1. The standard InChI is InChI=1S/C8H14N2O3/c1-2-8(10(11)12)7-9-3-5-13-6-4-9/h7H,2-6H2,1H3. The Morgan fingerprint density at radius 1 is 1.62 bits per heavy atom. The van der Waals surface area contributed by atoms with Gasteiger partial charge in [-0.2, -0.15) is 0 Å². The second-order valence-electron chi connectivity index (χ2n) is 2.88. The van der Waals surface area contributed by atoms with Gasteiger partial charge in [-0.25, -0.2) is 0 Å². The molecule has 5 nitrogen and oxygen atoms in total. The first-order valence-electron chi connectivity index (χ1n) is 4.41. The first kappa shape index (κ1) is 9.98. The Hall–Kier alpha value is -1.10. The predicted molar refractivity (Wildman–Crippen MR) is 47.8 cm³/mol. The van der Waals surface area contributed by atoms with Crippen molar-refractivity contribution in [3.05, 3.63) is 22.0 Å². The van der Waals surface area contributed by atoms with E-state index in [1.807, 2.05) is 4.90 Å². The Kier molecular flexibility index (Phi) is 3.70. The highest BCUT2D eigenvalue weighted by Gasteiger charge is 2.12. The lowest BCUT2D eigenvalue weighted by molar-refractivity contribution is -0.428. The molecule has 1 rings (SSSR count). The number of allylic oxidation sites excluding steroid dienone is 1. The summed E-state index contributed by atoms with van der Waals surface area (Å²) in [5.74, 6) is 0. The summed E-state index contributed by atoms with van der Waals surface area (Å²) >= 11 is 0. The highest BCUT2D eigenvalue weighted by molar-refractivity contribution is 4.91. The summed E-state index contributed by atoms with van der Waals surface area (Å²) in [6, 6.07) is 0. The molecule has 0 N–H and O–H groups in total. The molecule has 0 aliphatic carbocycles. The summed E-state index contributed by atoms with van der Waals surface area (Å²) in [5, 5.41) is 10.5. The maximum absolute atomic E-state index is 10.5. The highest BCUT2D eigenvalue weighted by Crippen LogP contribution is 2.05. The normalized spacial score (nSPS) is 18.8. The van der Waals surface area contributed by atoms with Gasteiger partial charge in [-0.05, 0) is 0 Å². The molecule has 0 spiro atoms. The van der Waals surface area contributed by atoms with Gasteiger partial charge in [-0.15, -0.1) is 0 Å². The van der Waals surface area contributed by atoms with E-state index in [9.17, 15) is 10.1 Å². The number of rotatable bonds is 3. The third-order valence-corrected chi connectivity index (χ3v) is 1.97. The average molecular weight is 186 g/mol. The van der Waals surface area contributed by atoms with E-state index < -0.39 is 0 Å². The molecule has 74 valence electrons. The van der Waals surface area contributed by atoms with Gasteiger partial charge >= 0.3 is 0 Å². The quantitative estimate of drug-likeness (QED) is 0.484. The molecule has 5 heteroatoms. The Bertz CT molecular complexity index is 209. The van der Waals surface area contributed by atoms with Gasteiger partial charge in [0.25, 0.3) is 5.70 Å². The molecule has 1 heterocycles. The Morgan fingerprint density at radius 3 is 2.69 bits per heavy atom. The molecule has 0 saturated carbocycles. The number of hydrogen-bond acceptors (Lipinski definition) is 4. The molecule has 1 aliphatic heterocycles. The van der Waals surface area contributed by atoms with Crippen LogP contribution in [0.2, 0.25) is 0 Å². The maximum atomic E-state index is 10.5. The molecule has 1 aliphatic rings. The number of morpholine rings is 1. The van der Waals surface area contributed by atoms with Crippen molar-refractivity contribution in [2.75, 3.05) is 26.3 Å². The molecular weight excluding hydrogens is 172 g/mol. The van der Waals surface area contributed by atoms with E-state index >= 15 is 0 Å². The van der Waals surface area contributed by atoms with Gasteiger partial charge in [0.2, 0.25) is 0 Å². The molecule has 0 aromatic carbocycles. The van der Waals surface area contributed by atoms with Crippen LogP contribution in [0.5, 0.6) is 0 Å². The minimum Gasteiger partial charge on any atom is -0.378 e. The van der Waals surface area contributed by atoms with Crippen molar-refractivity contribution >= 4 is 0 Å². The first-order chi connectivity index (χ1) is 6.24. The molecular formula is C8H14N2O3. The Morgan fingerprint density at radius 2 is 2.23 bits per heavy atom. The summed E-state index contributed by atoms with van der Waals surface area (Å²) in [4.78, 5) is 12.1. The maximum Gasteiger partial charge on any atom is 0.261 e. The number of nitrogens with zero attached hydrogens (tertiary/aromatic N) is 2. The fraction of sp³-hybridized carbons (Fsp3) is 0.750. The van der Waals surface area contributed by atoms with Crippen molar-refractivity contribution in [1.82, 2.24) is 4.90 Å². The van der Waals surface area contributed by atoms with Crippen LogP contribution >= 0.6 is 0 Å². The predicted octanol–water partition coefficient (Wildman–Crippen LogP) is 0.847. The van der Waals surface area contributed by atoms with Crippen LogP contribution in [0.25, 0.3) is 0 Å². The fourth-order valence-electron chi connectivity index (χ4n) is 1.18. The average Bonchev–Trinajstić information content (AvgIpc) is 2.15. The molecule has 0 aromatic rings. The molecule has 0 amide bonds. The van der Waals surface area contributed by atoms with Crippen LogP contribution in [0.1, 0.15) is 13.3 Å². The van der Waals surface area contributed by atoms with Crippen LogP contribution in [-0.4, -0.2) is 36.1 Å².